The zero-order chi connectivity index (χ0) is 16.3. The number of hydrogen-bond donors (Lipinski definition) is 2. The molecule has 0 spiro atoms. The summed E-state index contributed by atoms with van der Waals surface area (Å²) in [5.74, 6) is 0. The average molecular weight is 305 g/mol. The van der Waals surface area contributed by atoms with Gasteiger partial charge in [0, 0.05) is 37.6 Å². The van der Waals surface area contributed by atoms with E-state index >= 15 is 0 Å². The van der Waals surface area contributed by atoms with Gasteiger partial charge in [-0.25, -0.2) is 4.79 Å². The number of nitrogens with one attached hydrogen (secondary N) is 2. The molecule has 122 valence electrons. The predicted molar refractivity (Wildman–Crippen MR) is 90.6 cm³/mol. The first-order valence-electron chi connectivity index (χ1n) is 7.76. The Balaban J connectivity index is 1.72. The highest BCUT2D eigenvalue weighted by atomic mass is 16.6. The van der Waals surface area contributed by atoms with Crippen molar-refractivity contribution in [3.8, 4) is 0 Å². The fourth-order valence-corrected chi connectivity index (χ4v) is 2.42. The van der Waals surface area contributed by atoms with Crippen molar-refractivity contribution >= 4 is 17.5 Å². The third-order valence-electron chi connectivity index (χ3n) is 3.61. The molecule has 0 unspecified atom stereocenters. The number of carbonyl (C=O) groups excluding carboxylic acids is 1. The van der Waals surface area contributed by atoms with Crippen LogP contribution in [0.2, 0.25) is 0 Å². The van der Waals surface area contributed by atoms with Crippen LogP contribution in [0.3, 0.4) is 0 Å². The number of alkyl carbamates (subject to hydrolysis) is 1. The Kier molecular flexibility index (Phi) is 4.84. The van der Waals surface area contributed by atoms with Crippen molar-refractivity contribution in [2.24, 2.45) is 0 Å². The number of nitrogens with zero attached hydrogens (tertiary/aromatic N) is 1. The summed E-state index contributed by atoms with van der Waals surface area (Å²) in [4.78, 5) is 13.7. The number of amides is 1. The Bertz CT molecular complexity index is 500. The molecule has 1 aromatic rings. The van der Waals surface area contributed by atoms with Crippen LogP contribution in [-0.4, -0.2) is 37.9 Å². The fraction of sp³-hybridized carbons (Fsp3) is 0.588. The van der Waals surface area contributed by atoms with Gasteiger partial charge in [-0.15, -0.1) is 0 Å². The van der Waals surface area contributed by atoms with Crippen LogP contribution in [0.4, 0.5) is 16.2 Å². The Labute approximate surface area is 133 Å². The molecule has 2 rings (SSSR count). The van der Waals surface area contributed by atoms with Crippen molar-refractivity contribution in [3.63, 3.8) is 0 Å². The van der Waals surface area contributed by atoms with Crippen molar-refractivity contribution in [1.29, 1.82) is 0 Å². The van der Waals surface area contributed by atoms with Gasteiger partial charge in [0.05, 0.1) is 0 Å². The van der Waals surface area contributed by atoms with E-state index in [1.165, 1.54) is 5.69 Å². The van der Waals surface area contributed by atoms with Gasteiger partial charge in [0.15, 0.2) is 0 Å². The molecule has 1 saturated carbocycles. The molecule has 1 aliphatic rings. The molecule has 0 aromatic heterocycles. The highest BCUT2D eigenvalue weighted by Gasteiger charge is 2.31. The molecule has 5 nitrogen and oxygen atoms in total. The number of carbonyl (C=O) groups is 1. The highest BCUT2D eigenvalue weighted by Crippen LogP contribution is 2.25. The third kappa shape index (κ3) is 4.83. The molecule has 0 saturated heterocycles. The minimum absolute atomic E-state index is 0.202. The highest BCUT2D eigenvalue weighted by molar-refractivity contribution is 5.68. The first-order chi connectivity index (χ1) is 10.2. The number of benzene rings is 1. The molecular weight excluding hydrogens is 278 g/mol. The molecule has 1 amide bonds. The second-order valence-corrected chi connectivity index (χ2v) is 7.10. The summed E-state index contributed by atoms with van der Waals surface area (Å²) in [5.41, 5.74) is 1.86. The molecule has 1 aliphatic carbocycles. The molecule has 1 aromatic carbocycles. The van der Waals surface area contributed by atoms with Gasteiger partial charge in [-0.1, -0.05) is 0 Å². The van der Waals surface area contributed by atoms with Crippen LogP contribution in [0.5, 0.6) is 0 Å². The smallest absolute Gasteiger partial charge is 0.407 e. The lowest BCUT2D eigenvalue weighted by Crippen LogP contribution is -2.50. The van der Waals surface area contributed by atoms with Crippen LogP contribution in [0, 0.1) is 0 Å². The summed E-state index contributed by atoms with van der Waals surface area (Å²) in [5, 5.41) is 6.39. The van der Waals surface area contributed by atoms with Crippen LogP contribution < -0.4 is 15.5 Å². The zero-order valence-electron chi connectivity index (χ0n) is 14.1. The lowest BCUT2D eigenvalue weighted by molar-refractivity contribution is 0.0475. The van der Waals surface area contributed by atoms with Crippen molar-refractivity contribution in [2.45, 2.75) is 51.3 Å². The molecule has 2 N–H and O–H groups in total. The van der Waals surface area contributed by atoms with Gasteiger partial charge in [-0.3, -0.25) is 0 Å². The Morgan fingerprint density at radius 3 is 2.23 bits per heavy atom. The summed E-state index contributed by atoms with van der Waals surface area (Å²) in [6, 6.07) is 8.97. The lowest BCUT2D eigenvalue weighted by atomic mass is 9.86. The van der Waals surface area contributed by atoms with Crippen molar-refractivity contribution in [3.05, 3.63) is 24.3 Å². The van der Waals surface area contributed by atoms with Gasteiger partial charge in [0.1, 0.15) is 5.60 Å². The van der Waals surface area contributed by atoms with Crippen LogP contribution in [-0.2, 0) is 4.74 Å². The molecular formula is C17H27N3O2. The van der Waals surface area contributed by atoms with Gasteiger partial charge >= 0.3 is 6.09 Å². The molecule has 0 heterocycles. The predicted octanol–water partition coefficient (Wildman–Crippen LogP) is 3.22. The molecule has 5 heteroatoms. The summed E-state index contributed by atoms with van der Waals surface area (Å²) in [7, 11) is 4.06. The molecule has 0 aliphatic heterocycles. The van der Waals surface area contributed by atoms with Crippen LogP contribution in [0.15, 0.2) is 24.3 Å². The van der Waals surface area contributed by atoms with E-state index in [1.807, 2.05) is 34.9 Å². The second-order valence-electron chi connectivity index (χ2n) is 7.10. The number of hydrogen-bond acceptors (Lipinski definition) is 4. The maximum atomic E-state index is 11.7. The van der Waals surface area contributed by atoms with Crippen molar-refractivity contribution in [2.75, 3.05) is 24.3 Å². The van der Waals surface area contributed by atoms with Gasteiger partial charge in [-0.2, -0.15) is 0 Å². The van der Waals surface area contributed by atoms with E-state index in [1.54, 1.807) is 0 Å². The maximum Gasteiger partial charge on any atom is 0.407 e. The largest absolute Gasteiger partial charge is 0.444 e. The minimum atomic E-state index is -0.445. The summed E-state index contributed by atoms with van der Waals surface area (Å²) < 4.78 is 5.26. The van der Waals surface area contributed by atoms with Gasteiger partial charge in [-0.05, 0) is 57.9 Å². The summed E-state index contributed by atoms with van der Waals surface area (Å²) in [6.07, 6.45) is 1.52. The second kappa shape index (κ2) is 6.46. The topological polar surface area (TPSA) is 53.6 Å². The Hall–Kier alpha value is -1.91. The van der Waals surface area contributed by atoms with Crippen LogP contribution in [0.1, 0.15) is 33.6 Å². The van der Waals surface area contributed by atoms with E-state index in [0.29, 0.717) is 6.04 Å². The molecule has 0 bridgehead atoms. The normalized spacial score (nSPS) is 20.8. The summed E-state index contributed by atoms with van der Waals surface area (Å²) in [6.45, 7) is 5.61. The summed E-state index contributed by atoms with van der Waals surface area (Å²) >= 11 is 0. The van der Waals surface area contributed by atoms with E-state index in [-0.39, 0.29) is 12.1 Å². The Morgan fingerprint density at radius 1 is 1.14 bits per heavy atom. The fourth-order valence-electron chi connectivity index (χ4n) is 2.42. The first-order valence-corrected chi connectivity index (χ1v) is 7.76. The van der Waals surface area contributed by atoms with Crippen LogP contribution in [0.25, 0.3) is 0 Å². The molecule has 0 atom stereocenters. The van der Waals surface area contributed by atoms with E-state index in [4.69, 9.17) is 4.74 Å². The van der Waals surface area contributed by atoms with Gasteiger partial charge in [0.25, 0.3) is 0 Å². The maximum absolute atomic E-state index is 11.7. The lowest BCUT2D eigenvalue weighted by Gasteiger charge is -2.37. The van der Waals surface area contributed by atoms with Crippen molar-refractivity contribution in [1.82, 2.24) is 5.32 Å². The third-order valence-corrected chi connectivity index (χ3v) is 3.61. The Morgan fingerprint density at radius 2 is 1.73 bits per heavy atom. The van der Waals surface area contributed by atoms with E-state index in [9.17, 15) is 4.79 Å². The first kappa shape index (κ1) is 16.5. The number of anilines is 2. The zero-order valence-corrected chi connectivity index (χ0v) is 14.1. The molecule has 1 fully saturated rings. The van der Waals surface area contributed by atoms with Gasteiger partial charge < -0.3 is 20.3 Å². The van der Waals surface area contributed by atoms with E-state index in [0.717, 1.165) is 18.5 Å². The standard InChI is InChI=1S/C17H27N3O2/c1-17(2,3)22-16(21)19-14-10-13(11-14)18-12-6-8-15(9-7-12)20(4)5/h6-9,13-14,18H,10-11H2,1-5H3,(H,19,21). The minimum Gasteiger partial charge on any atom is -0.444 e. The quantitative estimate of drug-likeness (QED) is 0.897. The molecule has 0 radical (unpaired) electrons. The number of rotatable bonds is 4. The average Bonchev–Trinajstić information content (AvgIpc) is 2.34. The SMILES string of the molecule is CN(C)c1ccc(NC2CC(NC(=O)OC(C)(C)C)C2)cc1. The molecule has 22 heavy (non-hydrogen) atoms. The van der Waals surface area contributed by atoms with E-state index < -0.39 is 5.60 Å². The van der Waals surface area contributed by atoms with E-state index in [2.05, 4.69) is 39.8 Å². The van der Waals surface area contributed by atoms with Gasteiger partial charge in [0.2, 0.25) is 0 Å². The van der Waals surface area contributed by atoms with Crippen molar-refractivity contribution < 1.29 is 9.53 Å². The monoisotopic (exact) mass is 305 g/mol. The van der Waals surface area contributed by atoms with Crippen LogP contribution >= 0.6 is 0 Å². The number of ether oxygens (including phenoxy) is 1.